The van der Waals surface area contributed by atoms with E-state index in [4.69, 9.17) is 14.2 Å². The highest BCUT2D eigenvalue weighted by Crippen LogP contribution is 2.31. The van der Waals surface area contributed by atoms with Gasteiger partial charge in [0.15, 0.2) is 18.1 Å². The summed E-state index contributed by atoms with van der Waals surface area (Å²) in [4.78, 5) is 23.8. The molecule has 1 saturated carbocycles. The SMILES string of the molecule is O=C(COC(=O)C1COc2ccccc2O1)NCC1CCCCC1. The molecular formula is C18H23NO5. The van der Waals surface area contributed by atoms with Gasteiger partial charge in [-0.15, -0.1) is 0 Å². The Bertz CT molecular complexity index is 583. The number of ether oxygens (including phenoxy) is 3. The van der Waals surface area contributed by atoms with E-state index >= 15 is 0 Å². The standard InChI is InChI=1S/C18H23NO5/c20-17(19-10-13-6-2-1-3-7-13)12-23-18(21)16-11-22-14-8-4-5-9-15(14)24-16/h4-5,8-9,13,16H,1-3,6-7,10-12H2,(H,19,20). The molecule has 6 nitrogen and oxygen atoms in total. The summed E-state index contributed by atoms with van der Waals surface area (Å²) in [5.41, 5.74) is 0. The van der Waals surface area contributed by atoms with Gasteiger partial charge in [0, 0.05) is 6.54 Å². The summed E-state index contributed by atoms with van der Waals surface area (Å²) < 4.78 is 16.1. The number of carbonyl (C=O) groups is 2. The zero-order valence-corrected chi connectivity index (χ0v) is 13.7. The molecule has 1 aliphatic heterocycles. The molecule has 0 radical (unpaired) electrons. The number of benzene rings is 1. The summed E-state index contributed by atoms with van der Waals surface area (Å²) in [5.74, 6) is 0.799. The van der Waals surface area contributed by atoms with Gasteiger partial charge in [-0.1, -0.05) is 31.4 Å². The number of para-hydroxylation sites is 2. The number of rotatable bonds is 5. The Morgan fingerprint density at radius 2 is 1.88 bits per heavy atom. The maximum atomic E-state index is 12.0. The Balaban J connectivity index is 1.38. The van der Waals surface area contributed by atoms with E-state index in [1.165, 1.54) is 19.3 Å². The number of fused-ring (bicyclic) bond motifs is 1. The van der Waals surface area contributed by atoms with Crippen LogP contribution >= 0.6 is 0 Å². The fourth-order valence-electron chi connectivity index (χ4n) is 3.07. The molecule has 1 amide bonds. The van der Waals surface area contributed by atoms with Gasteiger partial charge < -0.3 is 19.5 Å². The number of hydrogen-bond donors (Lipinski definition) is 1. The number of amides is 1. The van der Waals surface area contributed by atoms with Crippen molar-refractivity contribution in [3.63, 3.8) is 0 Å². The van der Waals surface area contributed by atoms with Crippen LogP contribution in [0.2, 0.25) is 0 Å². The minimum Gasteiger partial charge on any atom is -0.485 e. The van der Waals surface area contributed by atoms with Crippen LogP contribution < -0.4 is 14.8 Å². The van der Waals surface area contributed by atoms with Crippen molar-refractivity contribution >= 4 is 11.9 Å². The zero-order valence-electron chi connectivity index (χ0n) is 13.7. The molecule has 6 heteroatoms. The Morgan fingerprint density at radius 3 is 2.67 bits per heavy atom. The summed E-state index contributed by atoms with van der Waals surface area (Å²) in [6.07, 6.45) is 5.23. The van der Waals surface area contributed by atoms with Crippen LogP contribution in [0.3, 0.4) is 0 Å². The van der Waals surface area contributed by atoms with Crippen molar-refractivity contribution in [2.45, 2.75) is 38.2 Å². The van der Waals surface area contributed by atoms with Gasteiger partial charge in [0.25, 0.3) is 5.91 Å². The third-order valence-corrected chi connectivity index (χ3v) is 4.43. The third-order valence-electron chi connectivity index (χ3n) is 4.43. The van der Waals surface area contributed by atoms with E-state index in [0.29, 0.717) is 24.0 Å². The van der Waals surface area contributed by atoms with Crippen LogP contribution in [0, 0.1) is 5.92 Å². The fraction of sp³-hybridized carbons (Fsp3) is 0.556. The second-order valence-corrected chi connectivity index (χ2v) is 6.28. The lowest BCUT2D eigenvalue weighted by Gasteiger charge is -2.25. The van der Waals surface area contributed by atoms with E-state index in [1.54, 1.807) is 18.2 Å². The quantitative estimate of drug-likeness (QED) is 0.835. The van der Waals surface area contributed by atoms with Crippen LogP contribution in [0.5, 0.6) is 11.5 Å². The lowest BCUT2D eigenvalue weighted by Crippen LogP contribution is -2.40. The van der Waals surface area contributed by atoms with Crippen LogP contribution in [0.15, 0.2) is 24.3 Å². The molecule has 0 aromatic heterocycles. The average molecular weight is 333 g/mol. The number of carbonyl (C=O) groups excluding carboxylic acids is 2. The molecule has 1 aromatic rings. The van der Waals surface area contributed by atoms with Gasteiger partial charge in [0.1, 0.15) is 6.61 Å². The highest BCUT2D eigenvalue weighted by molar-refractivity contribution is 5.82. The number of esters is 1. The van der Waals surface area contributed by atoms with Gasteiger partial charge in [-0.2, -0.15) is 0 Å². The second-order valence-electron chi connectivity index (χ2n) is 6.28. The summed E-state index contributed by atoms with van der Waals surface area (Å²) in [6.45, 7) is 0.458. The molecule has 1 fully saturated rings. The summed E-state index contributed by atoms with van der Waals surface area (Å²) >= 11 is 0. The van der Waals surface area contributed by atoms with Gasteiger partial charge in [0.2, 0.25) is 6.10 Å². The van der Waals surface area contributed by atoms with Crippen molar-refractivity contribution in [2.24, 2.45) is 5.92 Å². The first-order valence-electron chi connectivity index (χ1n) is 8.54. The molecule has 0 saturated heterocycles. The molecule has 3 rings (SSSR count). The highest BCUT2D eigenvalue weighted by atomic mass is 16.6. The summed E-state index contributed by atoms with van der Waals surface area (Å²) in [6, 6.07) is 7.13. The topological polar surface area (TPSA) is 73.9 Å². The Labute approximate surface area is 141 Å². The normalized spacial score (nSPS) is 20.2. The molecule has 1 atom stereocenters. The Kier molecular flexibility index (Phi) is 5.56. The first-order valence-corrected chi connectivity index (χ1v) is 8.54. The van der Waals surface area contributed by atoms with Gasteiger partial charge in [-0.25, -0.2) is 4.79 Å². The number of nitrogens with one attached hydrogen (secondary N) is 1. The van der Waals surface area contributed by atoms with E-state index in [1.807, 2.05) is 6.07 Å². The van der Waals surface area contributed by atoms with Crippen LogP contribution in [0.1, 0.15) is 32.1 Å². The lowest BCUT2D eigenvalue weighted by atomic mass is 9.89. The second kappa shape index (κ2) is 8.04. The molecule has 1 unspecified atom stereocenters. The van der Waals surface area contributed by atoms with Crippen molar-refractivity contribution in [1.29, 1.82) is 0 Å². The van der Waals surface area contributed by atoms with Crippen LogP contribution in [-0.2, 0) is 14.3 Å². The van der Waals surface area contributed by atoms with Crippen molar-refractivity contribution in [3.05, 3.63) is 24.3 Å². The smallest absolute Gasteiger partial charge is 0.351 e. The monoisotopic (exact) mass is 333 g/mol. The fourth-order valence-corrected chi connectivity index (χ4v) is 3.07. The minimum atomic E-state index is -0.842. The lowest BCUT2D eigenvalue weighted by molar-refractivity contribution is -0.157. The van der Waals surface area contributed by atoms with Crippen molar-refractivity contribution in [3.8, 4) is 11.5 Å². The maximum Gasteiger partial charge on any atom is 0.351 e. The van der Waals surface area contributed by atoms with Crippen molar-refractivity contribution in [2.75, 3.05) is 19.8 Å². The molecule has 1 aliphatic carbocycles. The first kappa shape index (κ1) is 16.6. The Hall–Kier alpha value is -2.24. The molecule has 1 N–H and O–H groups in total. The molecule has 0 spiro atoms. The summed E-state index contributed by atoms with van der Waals surface area (Å²) in [7, 11) is 0. The third kappa shape index (κ3) is 4.40. The van der Waals surface area contributed by atoms with Gasteiger partial charge >= 0.3 is 5.97 Å². The zero-order chi connectivity index (χ0) is 16.8. The minimum absolute atomic E-state index is 0.0829. The Morgan fingerprint density at radius 1 is 1.12 bits per heavy atom. The molecular weight excluding hydrogens is 310 g/mol. The highest BCUT2D eigenvalue weighted by Gasteiger charge is 2.29. The summed E-state index contributed by atoms with van der Waals surface area (Å²) in [5, 5.41) is 2.84. The molecule has 130 valence electrons. The molecule has 1 heterocycles. The van der Waals surface area contributed by atoms with Crippen LogP contribution in [0.4, 0.5) is 0 Å². The van der Waals surface area contributed by atoms with Crippen molar-refractivity contribution in [1.82, 2.24) is 5.32 Å². The van der Waals surface area contributed by atoms with Gasteiger partial charge in [-0.05, 0) is 30.9 Å². The number of hydrogen-bond acceptors (Lipinski definition) is 5. The largest absolute Gasteiger partial charge is 0.485 e. The average Bonchev–Trinajstić information content (AvgIpc) is 2.65. The molecule has 2 aliphatic rings. The molecule has 24 heavy (non-hydrogen) atoms. The van der Waals surface area contributed by atoms with Crippen LogP contribution in [-0.4, -0.2) is 37.7 Å². The van der Waals surface area contributed by atoms with Gasteiger partial charge in [0.05, 0.1) is 0 Å². The van der Waals surface area contributed by atoms with E-state index in [-0.39, 0.29) is 19.1 Å². The predicted molar refractivity (Wildman–Crippen MR) is 86.9 cm³/mol. The van der Waals surface area contributed by atoms with Crippen LogP contribution in [0.25, 0.3) is 0 Å². The van der Waals surface area contributed by atoms with E-state index in [0.717, 1.165) is 12.8 Å². The van der Waals surface area contributed by atoms with E-state index < -0.39 is 12.1 Å². The van der Waals surface area contributed by atoms with E-state index in [9.17, 15) is 9.59 Å². The maximum absolute atomic E-state index is 12.0. The molecule has 0 bridgehead atoms. The predicted octanol–water partition coefficient (Wildman–Crippen LogP) is 2.07. The first-order chi connectivity index (χ1) is 11.7. The van der Waals surface area contributed by atoms with Gasteiger partial charge in [-0.3, -0.25) is 4.79 Å². The van der Waals surface area contributed by atoms with Crippen molar-refractivity contribution < 1.29 is 23.8 Å². The molecule has 1 aromatic carbocycles. The van der Waals surface area contributed by atoms with E-state index in [2.05, 4.69) is 5.32 Å².